The van der Waals surface area contributed by atoms with Gasteiger partial charge < -0.3 is 14.4 Å². The van der Waals surface area contributed by atoms with Crippen LogP contribution in [0.15, 0.2) is 30.6 Å². The molecular formula is C16H15ClFN3O3. The Bertz CT molecular complexity index is 759. The summed E-state index contributed by atoms with van der Waals surface area (Å²) in [6.07, 6.45) is 3.43. The van der Waals surface area contributed by atoms with Crippen molar-refractivity contribution in [3.05, 3.63) is 47.0 Å². The van der Waals surface area contributed by atoms with Crippen molar-refractivity contribution < 1.29 is 18.7 Å². The van der Waals surface area contributed by atoms with E-state index >= 15 is 0 Å². The van der Waals surface area contributed by atoms with Crippen LogP contribution >= 0.6 is 11.6 Å². The lowest BCUT2D eigenvalue weighted by Crippen LogP contribution is -2.31. The molecule has 0 N–H and O–H groups in total. The number of ether oxygens (including phenoxy) is 2. The molecule has 3 rings (SSSR count). The van der Waals surface area contributed by atoms with Crippen LogP contribution in [-0.2, 0) is 0 Å². The van der Waals surface area contributed by atoms with Crippen LogP contribution in [0.5, 0.6) is 11.8 Å². The molecule has 1 fully saturated rings. The minimum Gasteiger partial charge on any atom is -0.477 e. The summed E-state index contributed by atoms with van der Waals surface area (Å²) in [5.41, 5.74) is 0.274. The predicted molar refractivity (Wildman–Crippen MR) is 84.9 cm³/mol. The Balaban J connectivity index is 1.68. The number of hydrogen-bond acceptors (Lipinski definition) is 5. The highest BCUT2D eigenvalue weighted by molar-refractivity contribution is 6.33. The summed E-state index contributed by atoms with van der Waals surface area (Å²) in [6.45, 7) is 0.895. The molecule has 1 atom stereocenters. The summed E-state index contributed by atoms with van der Waals surface area (Å²) in [6, 6.07) is 3.73. The molecule has 2 aromatic rings. The molecule has 1 aromatic carbocycles. The van der Waals surface area contributed by atoms with Crippen molar-refractivity contribution in [2.75, 3.05) is 20.2 Å². The van der Waals surface area contributed by atoms with E-state index in [1.54, 1.807) is 4.90 Å². The molecule has 0 radical (unpaired) electrons. The second-order valence-corrected chi connectivity index (χ2v) is 5.68. The molecule has 24 heavy (non-hydrogen) atoms. The first-order chi connectivity index (χ1) is 11.6. The summed E-state index contributed by atoms with van der Waals surface area (Å²) < 4.78 is 24.0. The highest BCUT2D eigenvalue weighted by Gasteiger charge is 2.30. The minimum absolute atomic E-state index is 0.0972. The normalized spacial score (nSPS) is 17.0. The van der Waals surface area contributed by atoms with E-state index in [-0.39, 0.29) is 22.6 Å². The monoisotopic (exact) mass is 351 g/mol. The van der Waals surface area contributed by atoms with E-state index in [9.17, 15) is 9.18 Å². The van der Waals surface area contributed by atoms with E-state index < -0.39 is 5.82 Å². The Morgan fingerprint density at radius 1 is 1.33 bits per heavy atom. The molecule has 1 aliphatic heterocycles. The molecule has 1 aromatic heterocycles. The van der Waals surface area contributed by atoms with Crippen LogP contribution in [-0.4, -0.2) is 47.1 Å². The van der Waals surface area contributed by atoms with Crippen LogP contribution in [0.4, 0.5) is 4.39 Å². The Morgan fingerprint density at radius 3 is 2.79 bits per heavy atom. The van der Waals surface area contributed by atoms with Gasteiger partial charge in [-0.2, -0.15) is 0 Å². The fraction of sp³-hybridized carbons (Fsp3) is 0.312. The Labute approximate surface area is 143 Å². The van der Waals surface area contributed by atoms with Crippen molar-refractivity contribution in [1.82, 2.24) is 14.9 Å². The SMILES string of the molecule is COc1nccnc1OC1CCN(C(=O)c2ccc(F)cc2Cl)C1. The van der Waals surface area contributed by atoms with Gasteiger partial charge in [-0.25, -0.2) is 14.4 Å². The predicted octanol–water partition coefficient (Wildman–Crippen LogP) is 2.57. The number of halogens is 2. The summed E-state index contributed by atoms with van der Waals surface area (Å²) in [7, 11) is 1.48. The smallest absolute Gasteiger partial charge is 0.278 e. The number of amides is 1. The van der Waals surface area contributed by atoms with E-state index in [1.807, 2.05) is 0 Å². The van der Waals surface area contributed by atoms with Gasteiger partial charge in [-0.3, -0.25) is 4.79 Å². The number of hydrogen-bond donors (Lipinski definition) is 0. The first-order valence-electron chi connectivity index (χ1n) is 7.34. The quantitative estimate of drug-likeness (QED) is 0.847. The molecule has 1 saturated heterocycles. The summed E-state index contributed by atoms with van der Waals surface area (Å²) >= 11 is 5.95. The number of likely N-dealkylation sites (tertiary alicyclic amines) is 1. The topological polar surface area (TPSA) is 64.6 Å². The number of rotatable bonds is 4. The molecule has 126 valence electrons. The van der Waals surface area contributed by atoms with E-state index in [2.05, 4.69) is 9.97 Å². The van der Waals surface area contributed by atoms with Gasteiger partial charge in [0.2, 0.25) is 0 Å². The van der Waals surface area contributed by atoms with Crippen LogP contribution in [0.25, 0.3) is 0 Å². The number of carbonyl (C=O) groups excluding carboxylic acids is 1. The number of benzene rings is 1. The molecule has 8 heteroatoms. The molecule has 1 amide bonds. The number of aromatic nitrogens is 2. The van der Waals surface area contributed by atoms with Gasteiger partial charge in [0.15, 0.2) is 0 Å². The first kappa shape index (κ1) is 16.4. The standard InChI is InChI=1S/C16H15ClFN3O3/c1-23-14-15(20-6-5-19-14)24-11-4-7-21(9-11)16(22)12-3-2-10(18)8-13(12)17/h2-3,5-6,8,11H,4,7,9H2,1H3. The highest BCUT2D eigenvalue weighted by Crippen LogP contribution is 2.26. The van der Waals surface area contributed by atoms with Gasteiger partial charge in [-0.1, -0.05) is 11.6 Å². The maximum atomic E-state index is 13.1. The molecular weight excluding hydrogens is 337 g/mol. The van der Waals surface area contributed by atoms with Crippen molar-refractivity contribution in [3.8, 4) is 11.8 Å². The molecule has 2 heterocycles. The molecule has 0 bridgehead atoms. The molecule has 1 unspecified atom stereocenters. The molecule has 1 aliphatic rings. The fourth-order valence-electron chi connectivity index (χ4n) is 2.53. The van der Waals surface area contributed by atoms with Gasteiger partial charge in [0, 0.05) is 25.4 Å². The van der Waals surface area contributed by atoms with Gasteiger partial charge >= 0.3 is 0 Å². The molecule has 6 nitrogen and oxygen atoms in total. The maximum absolute atomic E-state index is 13.1. The third kappa shape index (κ3) is 3.41. The van der Waals surface area contributed by atoms with Gasteiger partial charge in [-0.05, 0) is 18.2 Å². The summed E-state index contributed by atoms with van der Waals surface area (Å²) in [5, 5.41) is 0.0972. The van der Waals surface area contributed by atoms with Crippen molar-refractivity contribution >= 4 is 17.5 Å². The average Bonchev–Trinajstić information content (AvgIpc) is 3.03. The van der Waals surface area contributed by atoms with Crippen LogP contribution in [0.1, 0.15) is 16.8 Å². The Morgan fingerprint density at radius 2 is 2.08 bits per heavy atom. The first-order valence-corrected chi connectivity index (χ1v) is 7.72. The summed E-state index contributed by atoms with van der Waals surface area (Å²) in [5.74, 6) is -0.144. The van der Waals surface area contributed by atoms with Gasteiger partial charge in [0.25, 0.3) is 17.7 Å². The van der Waals surface area contributed by atoms with Crippen molar-refractivity contribution in [3.63, 3.8) is 0 Å². The van der Waals surface area contributed by atoms with Gasteiger partial charge in [0.1, 0.15) is 11.9 Å². The zero-order valence-electron chi connectivity index (χ0n) is 12.9. The largest absolute Gasteiger partial charge is 0.477 e. The van der Waals surface area contributed by atoms with Crippen LogP contribution in [0.2, 0.25) is 5.02 Å². The second kappa shape index (κ2) is 7.00. The zero-order chi connectivity index (χ0) is 17.1. The fourth-order valence-corrected chi connectivity index (χ4v) is 2.78. The summed E-state index contributed by atoms with van der Waals surface area (Å²) in [4.78, 5) is 22.2. The minimum atomic E-state index is -0.478. The highest BCUT2D eigenvalue weighted by atomic mass is 35.5. The van der Waals surface area contributed by atoms with Crippen molar-refractivity contribution in [1.29, 1.82) is 0 Å². The lowest BCUT2D eigenvalue weighted by Gasteiger charge is -2.18. The average molecular weight is 352 g/mol. The third-order valence-electron chi connectivity index (χ3n) is 3.70. The van der Waals surface area contributed by atoms with Crippen molar-refractivity contribution in [2.45, 2.75) is 12.5 Å². The van der Waals surface area contributed by atoms with Crippen LogP contribution in [0.3, 0.4) is 0 Å². The van der Waals surface area contributed by atoms with E-state index in [4.69, 9.17) is 21.1 Å². The second-order valence-electron chi connectivity index (χ2n) is 5.27. The maximum Gasteiger partial charge on any atom is 0.278 e. The zero-order valence-corrected chi connectivity index (χ0v) is 13.7. The van der Waals surface area contributed by atoms with E-state index in [0.717, 1.165) is 6.07 Å². The molecule has 0 spiro atoms. The van der Waals surface area contributed by atoms with E-state index in [0.29, 0.717) is 31.3 Å². The lowest BCUT2D eigenvalue weighted by atomic mass is 10.2. The molecule has 0 aliphatic carbocycles. The lowest BCUT2D eigenvalue weighted by molar-refractivity contribution is 0.0770. The Hall–Kier alpha value is -2.41. The van der Waals surface area contributed by atoms with E-state index in [1.165, 1.54) is 31.6 Å². The molecule has 0 saturated carbocycles. The number of methoxy groups -OCH3 is 1. The number of nitrogens with zero attached hydrogens (tertiary/aromatic N) is 3. The number of carbonyl (C=O) groups is 1. The van der Waals surface area contributed by atoms with Crippen molar-refractivity contribution in [2.24, 2.45) is 0 Å². The van der Waals surface area contributed by atoms with Crippen LogP contribution in [0, 0.1) is 5.82 Å². The van der Waals surface area contributed by atoms with Gasteiger partial charge in [0.05, 0.1) is 24.2 Å². The van der Waals surface area contributed by atoms with Crippen LogP contribution < -0.4 is 9.47 Å². The van der Waals surface area contributed by atoms with Gasteiger partial charge in [-0.15, -0.1) is 0 Å². The third-order valence-corrected chi connectivity index (χ3v) is 4.01. The Kier molecular flexibility index (Phi) is 4.80.